The zero-order chi connectivity index (χ0) is 10.8. The molecule has 2 aromatic heterocycles. The Morgan fingerprint density at radius 1 is 1.00 bits per heavy atom. The molecule has 0 aliphatic heterocycles. The van der Waals surface area contributed by atoms with Crippen LogP contribution in [0.4, 0.5) is 0 Å². The van der Waals surface area contributed by atoms with Gasteiger partial charge in [-0.2, -0.15) is 0 Å². The van der Waals surface area contributed by atoms with Gasteiger partial charge in [0.2, 0.25) is 0 Å². The van der Waals surface area contributed by atoms with Gasteiger partial charge in [-0.25, -0.2) is 0 Å². The summed E-state index contributed by atoms with van der Waals surface area (Å²) in [6, 6.07) is 12.5. The van der Waals surface area contributed by atoms with Crippen molar-refractivity contribution in [2.45, 2.75) is 6.61 Å². The lowest BCUT2D eigenvalue weighted by Gasteiger charge is -2.02. The third-order valence-electron chi connectivity index (χ3n) is 2.40. The van der Waals surface area contributed by atoms with Crippen molar-refractivity contribution >= 4 is 32.8 Å². The Kier molecular flexibility index (Phi) is 2.64. The number of rotatable bonds is 3. The van der Waals surface area contributed by atoms with Crippen LogP contribution >= 0.6 is 22.7 Å². The van der Waals surface area contributed by atoms with E-state index in [0.29, 0.717) is 6.61 Å². The summed E-state index contributed by atoms with van der Waals surface area (Å²) in [6.07, 6.45) is 0. The van der Waals surface area contributed by atoms with Gasteiger partial charge in [0.15, 0.2) is 0 Å². The van der Waals surface area contributed by atoms with Gasteiger partial charge in [0.1, 0.15) is 12.4 Å². The molecule has 3 aromatic rings. The van der Waals surface area contributed by atoms with Gasteiger partial charge in [0, 0.05) is 20.3 Å². The molecule has 16 heavy (non-hydrogen) atoms. The molecule has 1 aromatic carbocycles. The Morgan fingerprint density at radius 3 is 2.81 bits per heavy atom. The average Bonchev–Trinajstić information content (AvgIpc) is 2.96. The first-order valence-corrected chi connectivity index (χ1v) is 6.81. The highest BCUT2D eigenvalue weighted by Gasteiger charge is 2.04. The number of fused-ring (bicyclic) bond motifs is 1. The van der Waals surface area contributed by atoms with E-state index in [0.717, 1.165) is 5.75 Å². The van der Waals surface area contributed by atoms with E-state index in [1.807, 2.05) is 6.07 Å². The lowest BCUT2D eigenvalue weighted by atomic mass is 10.2. The molecule has 0 radical (unpaired) electrons. The van der Waals surface area contributed by atoms with Gasteiger partial charge in [-0.15, -0.1) is 22.7 Å². The van der Waals surface area contributed by atoms with E-state index in [-0.39, 0.29) is 0 Å². The summed E-state index contributed by atoms with van der Waals surface area (Å²) in [4.78, 5) is 1.26. The third-order valence-corrected chi connectivity index (χ3v) is 4.19. The SMILES string of the molecule is c1csc(COc2csc3ccccc23)c1. The van der Waals surface area contributed by atoms with Crippen molar-refractivity contribution in [3.05, 3.63) is 52.0 Å². The summed E-state index contributed by atoms with van der Waals surface area (Å²) < 4.78 is 7.11. The average molecular weight is 246 g/mol. The normalized spacial score (nSPS) is 10.8. The van der Waals surface area contributed by atoms with Gasteiger partial charge < -0.3 is 4.74 Å². The minimum absolute atomic E-state index is 0.665. The van der Waals surface area contributed by atoms with Crippen molar-refractivity contribution in [1.29, 1.82) is 0 Å². The number of ether oxygens (including phenoxy) is 1. The Balaban J connectivity index is 1.84. The van der Waals surface area contributed by atoms with Crippen LogP contribution in [0, 0.1) is 0 Å². The van der Waals surface area contributed by atoms with E-state index in [9.17, 15) is 0 Å². The fourth-order valence-corrected chi connectivity index (χ4v) is 3.11. The maximum absolute atomic E-state index is 5.82. The first-order valence-electron chi connectivity index (χ1n) is 5.05. The molecule has 0 N–H and O–H groups in total. The van der Waals surface area contributed by atoms with Crippen LogP contribution in [-0.2, 0) is 6.61 Å². The van der Waals surface area contributed by atoms with Crippen molar-refractivity contribution in [3.8, 4) is 5.75 Å². The predicted octanol–water partition coefficient (Wildman–Crippen LogP) is 4.54. The number of benzene rings is 1. The highest BCUT2D eigenvalue weighted by atomic mass is 32.1. The summed E-state index contributed by atoms with van der Waals surface area (Å²) in [5.41, 5.74) is 0. The van der Waals surface area contributed by atoms with Gasteiger partial charge in [0.25, 0.3) is 0 Å². The number of thiophene rings is 2. The Hall–Kier alpha value is -1.32. The zero-order valence-electron chi connectivity index (χ0n) is 8.55. The summed E-state index contributed by atoms with van der Waals surface area (Å²) in [6.45, 7) is 0.665. The maximum atomic E-state index is 5.82. The Morgan fingerprint density at radius 2 is 1.94 bits per heavy atom. The van der Waals surface area contributed by atoms with Crippen molar-refractivity contribution in [2.75, 3.05) is 0 Å². The molecule has 2 heterocycles. The molecule has 0 saturated carbocycles. The van der Waals surface area contributed by atoms with Crippen molar-refractivity contribution in [3.63, 3.8) is 0 Å². The molecule has 1 nitrogen and oxygen atoms in total. The second-order valence-electron chi connectivity index (χ2n) is 3.46. The Bertz CT molecular complexity index is 581. The van der Waals surface area contributed by atoms with Crippen LogP contribution in [-0.4, -0.2) is 0 Å². The molecule has 80 valence electrons. The minimum Gasteiger partial charge on any atom is -0.487 e. The van der Waals surface area contributed by atoms with Crippen molar-refractivity contribution in [1.82, 2.24) is 0 Å². The molecule has 0 aliphatic rings. The van der Waals surface area contributed by atoms with E-state index in [4.69, 9.17) is 4.74 Å². The molecule has 0 bridgehead atoms. The molecule has 0 atom stereocenters. The maximum Gasteiger partial charge on any atom is 0.138 e. The quantitative estimate of drug-likeness (QED) is 0.659. The highest BCUT2D eigenvalue weighted by molar-refractivity contribution is 7.17. The first kappa shape index (κ1) is 9.87. The molecular formula is C13H10OS2. The largest absolute Gasteiger partial charge is 0.487 e. The summed E-state index contributed by atoms with van der Waals surface area (Å²) in [5.74, 6) is 0.994. The van der Waals surface area contributed by atoms with E-state index in [1.54, 1.807) is 22.7 Å². The molecule has 0 amide bonds. The van der Waals surface area contributed by atoms with Crippen LogP contribution in [0.15, 0.2) is 47.2 Å². The van der Waals surface area contributed by atoms with Crippen LogP contribution in [0.3, 0.4) is 0 Å². The Labute approximate surface area is 102 Å². The third kappa shape index (κ3) is 1.84. The number of hydrogen-bond donors (Lipinski definition) is 0. The zero-order valence-corrected chi connectivity index (χ0v) is 10.2. The molecule has 3 rings (SSSR count). The molecule has 0 aliphatic carbocycles. The van der Waals surface area contributed by atoms with Gasteiger partial charge in [-0.3, -0.25) is 0 Å². The standard InChI is InChI=1S/C13H10OS2/c1-2-6-13-11(5-1)12(9-16-13)14-8-10-4-3-7-15-10/h1-7,9H,8H2. The van der Waals surface area contributed by atoms with Crippen LogP contribution in [0.5, 0.6) is 5.75 Å². The summed E-state index contributed by atoms with van der Waals surface area (Å²) in [7, 11) is 0. The molecule has 3 heteroatoms. The van der Waals surface area contributed by atoms with Crippen LogP contribution in [0.2, 0.25) is 0 Å². The lowest BCUT2D eigenvalue weighted by molar-refractivity contribution is 0.315. The molecule has 0 saturated heterocycles. The van der Waals surface area contributed by atoms with E-state index in [1.165, 1.54) is 15.0 Å². The second-order valence-corrected chi connectivity index (χ2v) is 5.41. The molecule has 0 fully saturated rings. The summed E-state index contributed by atoms with van der Waals surface area (Å²) in [5, 5.41) is 5.37. The second kappa shape index (κ2) is 4.28. The van der Waals surface area contributed by atoms with Gasteiger partial charge in [-0.1, -0.05) is 18.2 Å². The highest BCUT2D eigenvalue weighted by Crippen LogP contribution is 2.32. The topological polar surface area (TPSA) is 9.23 Å². The molecule has 0 spiro atoms. The van der Waals surface area contributed by atoms with E-state index < -0.39 is 0 Å². The van der Waals surface area contributed by atoms with Crippen LogP contribution in [0.25, 0.3) is 10.1 Å². The number of hydrogen-bond acceptors (Lipinski definition) is 3. The van der Waals surface area contributed by atoms with Crippen LogP contribution < -0.4 is 4.74 Å². The molecular weight excluding hydrogens is 236 g/mol. The van der Waals surface area contributed by atoms with Gasteiger partial charge in [0.05, 0.1) is 0 Å². The van der Waals surface area contributed by atoms with Crippen molar-refractivity contribution < 1.29 is 4.74 Å². The van der Waals surface area contributed by atoms with E-state index >= 15 is 0 Å². The van der Waals surface area contributed by atoms with Gasteiger partial charge >= 0.3 is 0 Å². The van der Waals surface area contributed by atoms with Gasteiger partial charge in [-0.05, 0) is 23.6 Å². The molecule has 0 unspecified atom stereocenters. The fourth-order valence-electron chi connectivity index (χ4n) is 1.61. The summed E-state index contributed by atoms with van der Waals surface area (Å²) >= 11 is 3.46. The van der Waals surface area contributed by atoms with Crippen molar-refractivity contribution in [2.24, 2.45) is 0 Å². The lowest BCUT2D eigenvalue weighted by Crippen LogP contribution is -1.91. The predicted molar refractivity (Wildman–Crippen MR) is 70.5 cm³/mol. The van der Waals surface area contributed by atoms with E-state index in [2.05, 4.69) is 41.1 Å². The fraction of sp³-hybridized carbons (Fsp3) is 0.0769. The monoisotopic (exact) mass is 246 g/mol. The van der Waals surface area contributed by atoms with Crippen LogP contribution in [0.1, 0.15) is 4.88 Å². The smallest absolute Gasteiger partial charge is 0.138 e. The minimum atomic E-state index is 0.665. The first-order chi connectivity index (χ1) is 7.93.